The second kappa shape index (κ2) is 37.5. The molecule has 19 heteroatoms. The van der Waals surface area contributed by atoms with Gasteiger partial charge in [-0.15, -0.1) is 0 Å². The van der Waals surface area contributed by atoms with Crippen LogP contribution in [0.4, 0.5) is 0 Å². The SMILES string of the molecule is CCCCCCCCCCCCCCCCCC(=O)NC(COC1OC(CO)C(OC2OC(CO)C(OC3OC(CO)C(O)C(O)C3O)C(O)C2O)C(O)C1O)C(O)CCCCCCCCCCCCC. The number of hydrogen-bond donors (Lipinski definition) is 12. The van der Waals surface area contributed by atoms with Crippen molar-refractivity contribution in [1.82, 2.24) is 5.32 Å². The van der Waals surface area contributed by atoms with Gasteiger partial charge in [0.2, 0.25) is 5.91 Å². The van der Waals surface area contributed by atoms with Crippen molar-refractivity contribution in [3.8, 4) is 0 Å². The zero-order valence-electron chi connectivity index (χ0n) is 43.2. The van der Waals surface area contributed by atoms with E-state index in [0.717, 1.165) is 44.9 Å². The summed E-state index contributed by atoms with van der Waals surface area (Å²) in [4.78, 5) is 13.3. The standard InChI is InChI=1S/C52H99NO18/c1-3-5-7-9-11-13-15-16-17-18-20-22-24-26-28-30-40(58)53-35(36(57)29-27-25-23-21-19-14-12-10-8-6-4-2)34-66-50-46(64)43(61)48(38(32-55)68-50)71-52-47(65)44(62)49(39(33-56)69-52)70-51-45(63)42(60)41(59)37(31-54)67-51/h35-39,41-52,54-57,59-65H,3-34H2,1-2H3,(H,53,58). The van der Waals surface area contributed by atoms with Gasteiger partial charge < -0.3 is 89.9 Å². The molecule has 3 saturated heterocycles. The van der Waals surface area contributed by atoms with Crippen LogP contribution in [0.2, 0.25) is 0 Å². The number of unbranched alkanes of at least 4 members (excludes halogenated alkanes) is 24. The molecule has 3 rings (SSSR count). The topological polar surface area (TPSA) is 307 Å². The van der Waals surface area contributed by atoms with Gasteiger partial charge >= 0.3 is 0 Å². The number of carbonyl (C=O) groups is 1. The van der Waals surface area contributed by atoms with E-state index in [-0.39, 0.29) is 18.9 Å². The maximum atomic E-state index is 13.3. The van der Waals surface area contributed by atoms with Gasteiger partial charge in [0, 0.05) is 6.42 Å². The highest BCUT2D eigenvalue weighted by Crippen LogP contribution is 2.33. The van der Waals surface area contributed by atoms with Crippen LogP contribution < -0.4 is 5.32 Å². The van der Waals surface area contributed by atoms with E-state index in [2.05, 4.69) is 19.2 Å². The quantitative estimate of drug-likeness (QED) is 0.0392. The van der Waals surface area contributed by atoms with Crippen molar-refractivity contribution in [2.24, 2.45) is 0 Å². The van der Waals surface area contributed by atoms with E-state index in [4.69, 9.17) is 28.4 Å². The Labute approximate surface area is 423 Å². The van der Waals surface area contributed by atoms with Gasteiger partial charge in [0.15, 0.2) is 18.9 Å². The molecule has 3 fully saturated rings. The molecule has 12 N–H and O–H groups in total. The molecule has 0 aromatic carbocycles. The van der Waals surface area contributed by atoms with E-state index in [1.807, 2.05) is 0 Å². The first-order valence-corrected chi connectivity index (χ1v) is 27.8. The van der Waals surface area contributed by atoms with Gasteiger partial charge in [-0.2, -0.15) is 0 Å². The molecular weight excluding hydrogens is 927 g/mol. The molecule has 0 saturated carbocycles. The number of amides is 1. The smallest absolute Gasteiger partial charge is 0.220 e. The molecule has 0 aromatic heterocycles. The number of aliphatic hydroxyl groups is 11. The third-order valence-corrected chi connectivity index (χ3v) is 14.4. The molecule has 71 heavy (non-hydrogen) atoms. The highest BCUT2D eigenvalue weighted by Gasteiger charge is 2.53. The van der Waals surface area contributed by atoms with Crippen LogP contribution in [-0.2, 0) is 33.2 Å². The molecule has 3 heterocycles. The first kappa shape index (κ1) is 64.1. The minimum Gasteiger partial charge on any atom is -0.394 e. The number of rotatable bonds is 40. The first-order valence-electron chi connectivity index (χ1n) is 27.8. The summed E-state index contributed by atoms with van der Waals surface area (Å²) in [5, 5.41) is 120. The normalized spacial score (nSPS) is 32.2. The zero-order chi connectivity index (χ0) is 52.0. The summed E-state index contributed by atoms with van der Waals surface area (Å²) in [6.07, 6.45) is 4.88. The summed E-state index contributed by atoms with van der Waals surface area (Å²) in [6, 6.07) is -0.878. The molecule has 0 bridgehead atoms. The summed E-state index contributed by atoms with van der Waals surface area (Å²) in [5.74, 6) is -0.242. The van der Waals surface area contributed by atoms with Gasteiger partial charge in [0.25, 0.3) is 0 Å². The van der Waals surface area contributed by atoms with Crippen LogP contribution in [-0.4, -0.2) is 193 Å². The summed E-state index contributed by atoms with van der Waals surface area (Å²) < 4.78 is 34.2. The predicted octanol–water partition coefficient (Wildman–Crippen LogP) is 3.26. The molecule has 3 aliphatic rings. The van der Waals surface area contributed by atoms with Crippen molar-refractivity contribution < 1.29 is 89.4 Å². The van der Waals surface area contributed by atoms with Crippen LogP contribution in [0.3, 0.4) is 0 Å². The van der Waals surface area contributed by atoms with Gasteiger partial charge in [-0.25, -0.2) is 0 Å². The molecule has 0 aromatic rings. The summed E-state index contributed by atoms with van der Waals surface area (Å²) in [7, 11) is 0. The van der Waals surface area contributed by atoms with Crippen molar-refractivity contribution in [3.05, 3.63) is 0 Å². The lowest BCUT2D eigenvalue weighted by molar-refractivity contribution is -0.379. The van der Waals surface area contributed by atoms with Crippen LogP contribution in [0.15, 0.2) is 0 Å². The highest BCUT2D eigenvalue weighted by atomic mass is 16.8. The molecule has 17 unspecified atom stereocenters. The van der Waals surface area contributed by atoms with Gasteiger partial charge in [0.1, 0.15) is 73.2 Å². The van der Waals surface area contributed by atoms with E-state index in [1.54, 1.807) is 0 Å². The molecule has 1 amide bonds. The minimum atomic E-state index is -1.97. The van der Waals surface area contributed by atoms with E-state index in [0.29, 0.717) is 12.8 Å². The first-order chi connectivity index (χ1) is 34.3. The molecule has 0 aliphatic carbocycles. The second-order valence-electron chi connectivity index (χ2n) is 20.4. The van der Waals surface area contributed by atoms with E-state index in [9.17, 15) is 61.0 Å². The Morgan fingerprint density at radius 3 is 1.23 bits per heavy atom. The number of ether oxygens (including phenoxy) is 6. The number of hydrogen-bond acceptors (Lipinski definition) is 18. The average molecular weight is 1030 g/mol. The van der Waals surface area contributed by atoms with Crippen LogP contribution in [0.1, 0.15) is 194 Å². The van der Waals surface area contributed by atoms with Crippen LogP contribution in [0, 0.1) is 0 Å². The fourth-order valence-corrected chi connectivity index (χ4v) is 9.78. The Bertz CT molecular complexity index is 1320. The third kappa shape index (κ3) is 22.9. The lowest BCUT2D eigenvalue weighted by Gasteiger charge is -2.48. The van der Waals surface area contributed by atoms with Gasteiger partial charge in [0.05, 0.1) is 38.6 Å². The second-order valence-corrected chi connectivity index (χ2v) is 20.4. The van der Waals surface area contributed by atoms with Crippen LogP contribution >= 0.6 is 0 Å². The molecule has 420 valence electrons. The van der Waals surface area contributed by atoms with Gasteiger partial charge in [-0.3, -0.25) is 4.79 Å². The third-order valence-electron chi connectivity index (χ3n) is 14.4. The predicted molar refractivity (Wildman–Crippen MR) is 264 cm³/mol. The molecule has 19 nitrogen and oxygen atoms in total. The fourth-order valence-electron chi connectivity index (χ4n) is 9.78. The molecular formula is C52H99NO18. The number of nitrogens with one attached hydrogen (secondary N) is 1. The molecule has 17 atom stereocenters. The van der Waals surface area contributed by atoms with E-state index in [1.165, 1.54) is 116 Å². The van der Waals surface area contributed by atoms with Crippen LogP contribution in [0.25, 0.3) is 0 Å². The number of aliphatic hydroxyl groups excluding tert-OH is 11. The molecule has 3 aliphatic heterocycles. The summed E-state index contributed by atoms with van der Waals surface area (Å²) in [6.45, 7) is 1.77. The Balaban J connectivity index is 1.52. The Morgan fingerprint density at radius 2 is 0.803 bits per heavy atom. The van der Waals surface area contributed by atoms with Gasteiger partial charge in [-0.05, 0) is 12.8 Å². The lowest BCUT2D eigenvalue weighted by Crippen LogP contribution is -2.66. The largest absolute Gasteiger partial charge is 0.394 e. The Kier molecular flexibility index (Phi) is 33.9. The molecule has 0 spiro atoms. The van der Waals surface area contributed by atoms with Crippen molar-refractivity contribution in [2.75, 3.05) is 26.4 Å². The maximum Gasteiger partial charge on any atom is 0.220 e. The van der Waals surface area contributed by atoms with Crippen molar-refractivity contribution in [3.63, 3.8) is 0 Å². The van der Waals surface area contributed by atoms with Crippen molar-refractivity contribution >= 4 is 5.91 Å². The highest BCUT2D eigenvalue weighted by molar-refractivity contribution is 5.76. The van der Waals surface area contributed by atoms with Gasteiger partial charge in [-0.1, -0.05) is 174 Å². The van der Waals surface area contributed by atoms with E-state index < -0.39 is 124 Å². The fraction of sp³-hybridized carbons (Fsp3) is 0.981. The number of carbonyl (C=O) groups excluding carboxylic acids is 1. The average Bonchev–Trinajstić information content (AvgIpc) is 3.36. The van der Waals surface area contributed by atoms with E-state index >= 15 is 0 Å². The Morgan fingerprint density at radius 1 is 0.451 bits per heavy atom. The van der Waals surface area contributed by atoms with Crippen molar-refractivity contribution in [1.29, 1.82) is 0 Å². The summed E-state index contributed by atoms with van der Waals surface area (Å²) >= 11 is 0. The van der Waals surface area contributed by atoms with Crippen LogP contribution in [0.5, 0.6) is 0 Å². The maximum absolute atomic E-state index is 13.3. The lowest BCUT2D eigenvalue weighted by atomic mass is 9.96. The monoisotopic (exact) mass is 1030 g/mol. The minimum absolute atomic E-state index is 0.242. The van der Waals surface area contributed by atoms with Crippen molar-refractivity contribution in [2.45, 2.75) is 298 Å². The molecule has 0 radical (unpaired) electrons. The zero-order valence-corrected chi connectivity index (χ0v) is 43.2. The Hall–Kier alpha value is -1.21. The summed E-state index contributed by atoms with van der Waals surface area (Å²) in [5.41, 5.74) is 0.